The number of aryl methyl sites for hydroxylation is 1. The Hall–Kier alpha value is -1.02. The van der Waals surface area contributed by atoms with Gasteiger partial charge in [-0.2, -0.15) is 0 Å². The normalized spacial score (nSPS) is 13.6. The molecule has 0 saturated heterocycles. The molecule has 0 aliphatic rings. The highest BCUT2D eigenvalue weighted by Crippen LogP contribution is 2.27. The highest BCUT2D eigenvalue weighted by molar-refractivity contribution is 5.35. The summed E-state index contributed by atoms with van der Waals surface area (Å²) in [6.07, 6.45) is 3.37. The van der Waals surface area contributed by atoms with Crippen molar-refractivity contribution < 1.29 is 10.2 Å². The molecule has 0 aromatic heterocycles. The third-order valence-electron chi connectivity index (χ3n) is 3.20. The van der Waals surface area contributed by atoms with Gasteiger partial charge in [0.2, 0.25) is 0 Å². The zero-order valence-electron chi connectivity index (χ0n) is 12.0. The van der Waals surface area contributed by atoms with E-state index in [1.807, 2.05) is 12.1 Å². The Bertz CT molecular complexity index is 377. The first-order valence-electron chi connectivity index (χ1n) is 6.73. The first kappa shape index (κ1) is 15.0. The van der Waals surface area contributed by atoms with Crippen molar-refractivity contribution in [1.82, 2.24) is 0 Å². The summed E-state index contributed by atoms with van der Waals surface area (Å²) in [5.74, 6) is 0.875. The van der Waals surface area contributed by atoms with Crippen LogP contribution in [0, 0.1) is 11.3 Å². The molecule has 0 fully saturated rings. The number of aliphatic hydroxyl groups is 1. The molecule has 0 radical (unpaired) electrons. The van der Waals surface area contributed by atoms with Crippen molar-refractivity contribution >= 4 is 0 Å². The van der Waals surface area contributed by atoms with Gasteiger partial charge in [-0.1, -0.05) is 33.8 Å². The third kappa shape index (κ3) is 5.09. The summed E-state index contributed by atoms with van der Waals surface area (Å²) < 4.78 is 0. The van der Waals surface area contributed by atoms with Gasteiger partial charge in [-0.3, -0.25) is 0 Å². The van der Waals surface area contributed by atoms with Crippen LogP contribution in [0.2, 0.25) is 0 Å². The van der Waals surface area contributed by atoms with Crippen LogP contribution in [-0.2, 0) is 13.0 Å². The van der Waals surface area contributed by atoms with Crippen molar-refractivity contribution in [3.8, 4) is 5.75 Å². The number of hydrogen-bond donors (Lipinski definition) is 2. The number of benzene rings is 1. The van der Waals surface area contributed by atoms with Crippen LogP contribution in [0.3, 0.4) is 0 Å². The Labute approximate surface area is 111 Å². The van der Waals surface area contributed by atoms with Gasteiger partial charge in [-0.05, 0) is 48.3 Å². The molecule has 1 unspecified atom stereocenters. The molecule has 0 aliphatic carbocycles. The van der Waals surface area contributed by atoms with Crippen molar-refractivity contribution in [3.63, 3.8) is 0 Å². The van der Waals surface area contributed by atoms with Gasteiger partial charge in [0.05, 0.1) is 6.61 Å². The molecule has 0 amide bonds. The van der Waals surface area contributed by atoms with Gasteiger partial charge in [-0.25, -0.2) is 0 Å². The lowest BCUT2D eigenvalue weighted by atomic mass is 9.83. The zero-order chi connectivity index (χ0) is 13.8. The molecule has 2 heteroatoms. The van der Waals surface area contributed by atoms with E-state index in [-0.39, 0.29) is 12.4 Å². The van der Waals surface area contributed by atoms with E-state index in [0.29, 0.717) is 16.9 Å². The van der Waals surface area contributed by atoms with Crippen molar-refractivity contribution in [2.45, 2.75) is 53.6 Å². The summed E-state index contributed by atoms with van der Waals surface area (Å²) in [7, 11) is 0. The Morgan fingerprint density at radius 1 is 1.22 bits per heavy atom. The number of phenols is 1. The van der Waals surface area contributed by atoms with E-state index in [4.69, 9.17) is 5.11 Å². The lowest BCUT2D eigenvalue weighted by Crippen LogP contribution is -2.11. The average Bonchev–Trinajstić information content (AvgIpc) is 2.25. The summed E-state index contributed by atoms with van der Waals surface area (Å²) in [6.45, 7) is 9.01. The van der Waals surface area contributed by atoms with Gasteiger partial charge in [0.25, 0.3) is 0 Å². The molecule has 1 rings (SSSR count). The predicted octanol–water partition coefficient (Wildman–Crippen LogP) is 3.89. The number of hydrogen-bond acceptors (Lipinski definition) is 2. The van der Waals surface area contributed by atoms with E-state index < -0.39 is 0 Å². The van der Waals surface area contributed by atoms with Crippen LogP contribution < -0.4 is 0 Å². The van der Waals surface area contributed by atoms with E-state index >= 15 is 0 Å². The monoisotopic (exact) mass is 250 g/mol. The molecule has 0 bridgehead atoms. The van der Waals surface area contributed by atoms with Crippen molar-refractivity contribution in [3.05, 3.63) is 29.3 Å². The molecule has 18 heavy (non-hydrogen) atoms. The fraction of sp³-hybridized carbons (Fsp3) is 0.625. The highest BCUT2D eigenvalue weighted by atomic mass is 16.3. The van der Waals surface area contributed by atoms with Crippen LogP contribution in [0.1, 0.15) is 51.7 Å². The molecule has 2 N–H and O–H groups in total. The summed E-state index contributed by atoms with van der Waals surface area (Å²) in [5, 5.41) is 18.6. The molecule has 0 spiro atoms. The fourth-order valence-corrected chi connectivity index (χ4v) is 2.48. The Balaban J connectivity index is 2.53. The highest BCUT2D eigenvalue weighted by Gasteiger charge is 2.15. The number of rotatable bonds is 5. The molecule has 1 aromatic carbocycles. The fourth-order valence-electron chi connectivity index (χ4n) is 2.48. The van der Waals surface area contributed by atoms with E-state index in [0.717, 1.165) is 12.8 Å². The minimum atomic E-state index is -0.1000. The summed E-state index contributed by atoms with van der Waals surface area (Å²) in [5.41, 5.74) is 2.19. The third-order valence-corrected chi connectivity index (χ3v) is 3.20. The van der Waals surface area contributed by atoms with Crippen LogP contribution in [0.5, 0.6) is 5.75 Å². The maximum atomic E-state index is 9.51. The van der Waals surface area contributed by atoms with Gasteiger partial charge in [0.15, 0.2) is 0 Å². The SMILES string of the molecule is CC(CCc1ccc(O)c(CO)c1)CC(C)(C)C. The largest absolute Gasteiger partial charge is 0.508 e. The average molecular weight is 250 g/mol. The second kappa shape index (κ2) is 6.24. The molecule has 2 nitrogen and oxygen atoms in total. The smallest absolute Gasteiger partial charge is 0.121 e. The first-order valence-corrected chi connectivity index (χ1v) is 6.73. The van der Waals surface area contributed by atoms with Gasteiger partial charge < -0.3 is 10.2 Å². The summed E-state index contributed by atoms with van der Waals surface area (Å²) in [4.78, 5) is 0. The second-order valence-electron chi connectivity index (χ2n) is 6.53. The Morgan fingerprint density at radius 3 is 2.44 bits per heavy atom. The molecule has 0 saturated carbocycles. The molecular weight excluding hydrogens is 224 g/mol. The molecule has 1 atom stereocenters. The van der Waals surface area contributed by atoms with Crippen LogP contribution in [0.4, 0.5) is 0 Å². The number of aliphatic hydroxyl groups excluding tert-OH is 1. The predicted molar refractivity (Wildman–Crippen MR) is 75.6 cm³/mol. The standard InChI is InChI=1S/C16H26O2/c1-12(10-16(2,3)4)5-6-13-7-8-15(18)14(9-13)11-17/h7-9,12,17-18H,5-6,10-11H2,1-4H3. The summed E-state index contributed by atoms with van der Waals surface area (Å²) >= 11 is 0. The van der Waals surface area contributed by atoms with E-state index in [1.165, 1.54) is 12.0 Å². The zero-order valence-corrected chi connectivity index (χ0v) is 12.0. The maximum Gasteiger partial charge on any atom is 0.121 e. The molecule has 0 aliphatic heterocycles. The van der Waals surface area contributed by atoms with E-state index in [1.54, 1.807) is 6.07 Å². The maximum absolute atomic E-state index is 9.51. The van der Waals surface area contributed by atoms with Crippen molar-refractivity contribution in [2.24, 2.45) is 11.3 Å². The molecule has 102 valence electrons. The van der Waals surface area contributed by atoms with Gasteiger partial charge >= 0.3 is 0 Å². The van der Waals surface area contributed by atoms with Crippen LogP contribution >= 0.6 is 0 Å². The first-order chi connectivity index (χ1) is 8.31. The van der Waals surface area contributed by atoms with Crippen LogP contribution in [0.25, 0.3) is 0 Å². The van der Waals surface area contributed by atoms with Gasteiger partial charge in [0, 0.05) is 5.56 Å². The molecular formula is C16H26O2. The minimum Gasteiger partial charge on any atom is -0.508 e. The van der Waals surface area contributed by atoms with Crippen molar-refractivity contribution in [1.29, 1.82) is 0 Å². The Morgan fingerprint density at radius 2 is 1.89 bits per heavy atom. The number of aromatic hydroxyl groups is 1. The van der Waals surface area contributed by atoms with Gasteiger partial charge in [-0.15, -0.1) is 0 Å². The lowest BCUT2D eigenvalue weighted by molar-refractivity contribution is 0.275. The van der Waals surface area contributed by atoms with E-state index in [2.05, 4.69) is 27.7 Å². The molecule has 0 heterocycles. The van der Waals surface area contributed by atoms with Crippen molar-refractivity contribution in [2.75, 3.05) is 0 Å². The van der Waals surface area contributed by atoms with Crippen LogP contribution in [-0.4, -0.2) is 10.2 Å². The minimum absolute atomic E-state index is 0.1000. The van der Waals surface area contributed by atoms with Crippen LogP contribution in [0.15, 0.2) is 18.2 Å². The second-order valence-corrected chi connectivity index (χ2v) is 6.53. The Kier molecular flexibility index (Phi) is 5.21. The molecule has 1 aromatic rings. The van der Waals surface area contributed by atoms with E-state index in [9.17, 15) is 5.11 Å². The van der Waals surface area contributed by atoms with Gasteiger partial charge in [0.1, 0.15) is 5.75 Å². The lowest BCUT2D eigenvalue weighted by Gasteiger charge is -2.23. The summed E-state index contributed by atoms with van der Waals surface area (Å²) in [6, 6.07) is 5.52. The quantitative estimate of drug-likeness (QED) is 0.832. The topological polar surface area (TPSA) is 40.5 Å².